The van der Waals surface area contributed by atoms with Gasteiger partial charge in [-0.25, -0.2) is 0 Å². The van der Waals surface area contributed by atoms with Gasteiger partial charge < -0.3 is 14.2 Å². The summed E-state index contributed by atoms with van der Waals surface area (Å²) in [7, 11) is 0. The van der Waals surface area contributed by atoms with E-state index in [1.54, 1.807) is 0 Å². The lowest BCUT2D eigenvalue weighted by molar-refractivity contribution is -0.167. The minimum absolute atomic E-state index is 0.0606. The second-order valence-electron chi connectivity index (χ2n) is 22.8. The van der Waals surface area contributed by atoms with E-state index in [0.717, 1.165) is 57.8 Å². The van der Waals surface area contributed by atoms with Crippen LogP contribution in [0.25, 0.3) is 0 Å². The Hall–Kier alpha value is -1.59. The van der Waals surface area contributed by atoms with Gasteiger partial charge in [-0.15, -0.1) is 0 Å². The van der Waals surface area contributed by atoms with E-state index < -0.39 is 6.10 Å². The molecule has 0 bridgehead atoms. The smallest absolute Gasteiger partial charge is 0.306 e. The van der Waals surface area contributed by atoms with Gasteiger partial charge in [-0.3, -0.25) is 14.4 Å². The summed E-state index contributed by atoms with van der Waals surface area (Å²) >= 11 is 0. The third-order valence-corrected chi connectivity index (χ3v) is 15.4. The number of ether oxygens (including phenoxy) is 3. The van der Waals surface area contributed by atoms with E-state index in [9.17, 15) is 14.4 Å². The number of carbonyl (C=O) groups excluding carboxylic acids is 3. The maximum Gasteiger partial charge on any atom is 0.306 e. The quantitative estimate of drug-likeness (QED) is 0.0343. The first kappa shape index (κ1) is 70.4. The van der Waals surface area contributed by atoms with Crippen molar-refractivity contribution in [2.24, 2.45) is 0 Å². The van der Waals surface area contributed by atoms with Crippen molar-refractivity contribution >= 4 is 17.9 Å². The molecule has 1 atom stereocenters. The van der Waals surface area contributed by atoms with Crippen LogP contribution in [-0.4, -0.2) is 37.2 Å². The van der Waals surface area contributed by atoms with Crippen molar-refractivity contribution in [2.75, 3.05) is 13.2 Å². The second-order valence-corrected chi connectivity index (χ2v) is 22.8. The maximum absolute atomic E-state index is 12.9. The van der Waals surface area contributed by atoms with Gasteiger partial charge >= 0.3 is 17.9 Å². The Balaban J connectivity index is 4.17. The largest absolute Gasteiger partial charge is 0.462 e. The molecule has 6 nitrogen and oxygen atoms in total. The third-order valence-electron chi connectivity index (χ3n) is 15.4. The summed E-state index contributed by atoms with van der Waals surface area (Å²) < 4.78 is 16.9. The molecule has 0 aromatic heterocycles. The van der Waals surface area contributed by atoms with Gasteiger partial charge in [0.25, 0.3) is 0 Å². The first-order valence-electron chi connectivity index (χ1n) is 33.0. The molecule has 0 aliphatic heterocycles. The zero-order valence-electron chi connectivity index (χ0n) is 49.2. The fraction of sp³-hybridized carbons (Fsp3) is 0.955. The van der Waals surface area contributed by atoms with E-state index in [2.05, 4.69) is 20.8 Å². The van der Waals surface area contributed by atoms with Crippen LogP contribution in [0.2, 0.25) is 0 Å². The molecule has 0 N–H and O–H groups in total. The topological polar surface area (TPSA) is 78.9 Å². The number of carbonyl (C=O) groups is 3. The van der Waals surface area contributed by atoms with E-state index in [1.807, 2.05) is 0 Å². The van der Waals surface area contributed by atoms with Crippen molar-refractivity contribution in [3.63, 3.8) is 0 Å². The van der Waals surface area contributed by atoms with Gasteiger partial charge in [0.15, 0.2) is 6.10 Å². The Morgan fingerprint density at radius 2 is 0.375 bits per heavy atom. The molecule has 0 spiro atoms. The molecule has 0 aromatic rings. The van der Waals surface area contributed by atoms with Crippen LogP contribution in [0.15, 0.2) is 0 Å². The van der Waals surface area contributed by atoms with Gasteiger partial charge in [-0.1, -0.05) is 348 Å². The van der Waals surface area contributed by atoms with E-state index in [1.165, 1.54) is 289 Å². The molecular weight excluding hydrogens is 889 g/mol. The molecule has 0 rings (SSSR count). The molecule has 428 valence electrons. The van der Waals surface area contributed by atoms with Crippen LogP contribution in [0.1, 0.15) is 387 Å². The summed E-state index contributed by atoms with van der Waals surface area (Å²) in [5.74, 6) is -0.826. The van der Waals surface area contributed by atoms with Crippen LogP contribution in [0.5, 0.6) is 0 Å². The molecular formula is C66H128O6. The summed E-state index contributed by atoms with van der Waals surface area (Å²) in [6.07, 6.45) is 71.2. The molecule has 0 saturated carbocycles. The normalized spacial score (nSPS) is 11.9. The highest BCUT2D eigenvalue weighted by Crippen LogP contribution is 2.19. The SMILES string of the molecule is CCCCCCCCCCCCCCCCCCCCCCCCCC(=O)OCC(COC(=O)CCCCCCCCCCCCC)OC(=O)CCCCCCCCCCCCCCCCCCCCCC. The highest BCUT2D eigenvalue weighted by molar-refractivity contribution is 5.71. The zero-order chi connectivity index (χ0) is 52.2. The predicted octanol–water partition coefficient (Wildman–Crippen LogP) is 22.3. The van der Waals surface area contributed by atoms with Gasteiger partial charge in [-0.05, 0) is 19.3 Å². The van der Waals surface area contributed by atoms with Crippen LogP contribution in [0.4, 0.5) is 0 Å². The van der Waals surface area contributed by atoms with E-state index in [4.69, 9.17) is 14.2 Å². The molecule has 0 fully saturated rings. The van der Waals surface area contributed by atoms with Gasteiger partial charge in [0.1, 0.15) is 13.2 Å². The lowest BCUT2D eigenvalue weighted by Gasteiger charge is -2.18. The summed E-state index contributed by atoms with van der Waals surface area (Å²) in [4.78, 5) is 38.3. The minimum atomic E-state index is -0.762. The van der Waals surface area contributed by atoms with Crippen LogP contribution in [0, 0.1) is 0 Å². The summed E-state index contributed by atoms with van der Waals surface area (Å²) in [5.41, 5.74) is 0. The van der Waals surface area contributed by atoms with Gasteiger partial charge in [0.2, 0.25) is 0 Å². The summed E-state index contributed by atoms with van der Waals surface area (Å²) in [5, 5.41) is 0. The van der Waals surface area contributed by atoms with E-state index >= 15 is 0 Å². The Morgan fingerprint density at radius 1 is 0.222 bits per heavy atom. The standard InChI is InChI=1S/C66H128O6/c1-4-7-10-13-16-19-22-24-26-28-30-32-33-34-36-37-39-41-44-47-50-53-56-59-65(68)71-62-63(61-70-64(67)58-55-52-49-46-43-21-18-15-12-9-6-3)72-66(69)60-57-54-51-48-45-42-40-38-35-31-29-27-25-23-20-17-14-11-8-5-2/h63H,4-62H2,1-3H3. The Kier molecular flexibility index (Phi) is 60.6. The van der Waals surface area contributed by atoms with Crippen LogP contribution < -0.4 is 0 Å². The lowest BCUT2D eigenvalue weighted by Crippen LogP contribution is -2.30. The van der Waals surface area contributed by atoms with Crippen molar-refractivity contribution in [1.29, 1.82) is 0 Å². The predicted molar refractivity (Wildman–Crippen MR) is 312 cm³/mol. The number of hydrogen-bond donors (Lipinski definition) is 0. The van der Waals surface area contributed by atoms with Crippen molar-refractivity contribution in [2.45, 2.75) is 393 Å². The molecule has 6 heteroatoms. The minimum Gasteiger partial charge on any atom is -0.462 e. The first-order valence-corrected chi connectivity index (χ1v) is 33.0. The van der Waals surface area contributed by atoms with Gasteiger partial charge in [0.05, 0.1) is 0 Å². The Labute approximate surface area is 450 Å². The van der Waals surface area contributed by atoms with E-state index in [-0.39, 0.29) is 31.1 Å². The molecule has 72 heavy (non-hydrogen) atoms. The second kappa shape index (κ2) is 62.0. The van der Waals surface area contributed by atoms with Crippen molar-refractivity contribution in [3.8, 4) is 0 Å². The Morgan fingerprint density at radius 3 is 0.556 bits per heavy atom. The molecule has 0 radical (unpaired) electrons. The van der Waals surface area contributed by atoms with Gasteiger partial charge in [-0.2, -0.15) is 0 Å². The molecule has 0 aliphatic carbocycles. The zero-order valence-corrected chi connectivity index (χ0v) is 49.2. The third kappa shape index (κ3) is 59.3. The van der Waals surface area contributed by atoms with Crippen molar-refractivity contribution < 1.29 is 28.6 Å². The van der Waals surface area contributed by atoms with Crippen LogP contribution in [0.3, 0.4) is 0 Å². The van der Waals surface area contributed by atoms with Crippen molar-refractivity contribution in [3.05, 3.63) is 0 Å². The molecule has 0 saturated heterocycles. The average molecular weight is 1020 g/mol. The molecule has 0 amide bonds. The highest BCUT2D eigenvalue weighted by atomic mass is 16.6. The first-order chi connectivity index (χ1) is 35.5. The highest BCUT2D eigenvalue weighted by Gasteiger charge is 2.19. The van der Waals surface area contributed by atoms with Crippen molar-refractivity contribution in [1.82, 2.24) is 0 Å². The average Bonchev–Trinajstić information content (AvgIpc) is 3.38. The Bertz CT molecular complexity index is 1080. The monoisotopic (exact) mass is 1020 g/mol. The number of rotatable bonds is 62. The number of hydrogen-bond acceptors (Lipinski definition) is 6. The van der Waals surface area contributed by atoms with Gasteiger partial charge in [0, 0.05) is 19.3 Å². The molecule has 1 unspecified atom stereocenters. The summed E-state index contributed by atoms with van der Waals surface area (Å²) in [6, 6.07) is 0. The number of unbranched alkanes of at least 4 members (excludes halogenated alkanes) is 51. The maximum atomic E-state index is 12.9. The van der Waals surface area contributed by atoms with Crippen LogP contribution >= 0.6 is 0 Å². The molecule has 0 aromatic carbocycles. The number of esters is 3. The van der Waals surface area contributed by atoms with E-state index in [0.29, 0.717) is 19.3 Å². The molecule has 0 heterocycles. The fourth-order valence-electron chi connectivity index (χ4n) is 10.4. The molecule has 0 aliphatic rings. The fourth-order valence-corrected chi connectivity index (χ4v) is 10.4. The summed E-state index contributed by atoms with van der Waals surface area (Å²) in [6.45, 7) is 6.72. The van der Waals surface area contributed by atoms with Crippen LogP contribution in [-0.2, 0) is 28.6 Å². The lowest BCUT2D eigenvalue weighted by atomic mass is 10.0.